The lowest BCUT2D eigenvalue weighted by molar-refractivity contribution is 0.447. The molecule has 1 aromatic rings. The summed E-state index contributed by atoms with van der Waals surface area (Å²) in [6.45, 7) is 0. The van der Waals surface area contributed by atoms with E-state index in [1.807, 2.05) is 0 Å². The molecule has 0 heterocycles. The maximum atomic E-state index is 12.8. The molecule has 0 aliphatic carbocycles. The van der Waals surface area contributed by atoms with Crippen molar-refractivity contribution in [3.05, 3.63) is 38.4 Å². The van der Waals surface area contributed by atoms with Crippen molar-refractivity contribution >= 4 is 21.6 Å². The van der Waals surface area contributed by atoms with Crippen LogP contribution in [-0.2, 0) is 0 Å². The van der Waals surface area contributed by atoms with Crippen LogP contribution in [0.3, 0.4) is 0 Å². The summed E-state index contributed by atoms with van der Waals surface area (Å²) in [6.07, 6.45) is 0. The van der Waals surface area contributed by atoms with Gasteiger partial charge in [0, 0.05) is 9.38 Å². The molecule has 13 heavy (non-hydrogen) atoms. The van der Waals surface area contributed by atoms with Gasteiger partial charge in [0.25, 0.3) is 0 Å². The molecule has 7 heteroatoms. The fourth-order valence-electron chi connectivity index (χ4n) is 0.693. The molecule has 0 fully saturated rings. The van der Waals surface area contributed by atoms with Crippen molar-refractivity contribution in [3.8, 4) is 0 Å². The van der Waals surface area contributed by atoms with Crippen LogP contribution in [-0.4, -0.2) is 0 Å². The summed E-state index contributed by atoms with van der Waals surface area (Å²) in [4.78, 5) is 2.26. The number of hydrogen-bond acceptors (Lipinski definition) is 1. The topological polar surface area (TPSA) is 48.8 Å². The van der Waals surface area contributed by atoms with Crippen LogP contribution in [0.2, 0.25) is 0 Å². The summed E-state index contributed by atoms with van der Waals surface area (Å²) < 4.78 is 37.7. The molecule has 0 atom stereocenters. The Morgan fingerprint density at radius 3 is 2.46 bits per heavy atom. The van der Waals surface area contributed by atoms with Crippen LogP contribution < -0.4 is 0 Å². The zero-order chi connectivity index (χ0) is 10.0. The average Bonchev–Trinajstić information content (AvgIpc) is 2.09. The predicted octanol–water partition coefficient (Wildman–Crippen LogP) is 3.81. The van der Waals surface area contributed by atoms with Crippen molar-refractivity contribution in [1.82, 2.24) is 0 Å². The van der Waals surface area contributed by atoms with Crippen LogP contribution in [0.15, 0.2) is 15.7 Å². The molecule has 1 aromatic carbocycles. The number of halogens is 4. The first-order valence-corrected chi connectivity index (χ1v) is 3.75. The molecule has 0 amide bonds. The monoisotopic (exact) mass is 251 g/mol. The van der Waals surface area contributed by atoms with Crippen LogP contribution in [0.25, 0.3) is 10.4 Å². The fourth-order valence-corrected chi connectivity index (χ4v) is 1.15. The number of hydrogen-bond donors (Lipinski definition) is 0. The van der Waals surface area contributed by atoms with E-state index in [0.29, 0.717) is 6.07 Å². The lowest BCUT2D eigenvalue weighted by atomic mass is 10.3. The van der Waals surface area contributed by atoms with Crippen LogP contribution in [0.4, 0.5) is 18.9 Å². The van der Waals surface area contributed by atoms with Crippen LogP contribution in [0.5, 0.6) is 0 Å². The van der Waals surface area contributed by atoms with E-state index in [1.165, 1.54) is 0 Å². The first-order chi connectivity index (χ1) is 6.07. The van der Waals surface area contributed by atoms with Gasteiger partial charge in [-0.1, -0.05) is 21.0 Å². The molecule has 0 spiro atoms. The molecule has 68 valence electrons. The maximum absolute atomic E-state index is 12.8. The van der Waals surface area contributed by atoms with E-state index >= 15 is 0 Å². The predicted molar refractivity (Wildman–Crippen MR) is 42.8 cm³/mol. The molecule has 0 bridgehead atoms. The Balaban J connectivity index is 3.52. The van der Waals surface area contributed by atoms with E-state index < -0.39 is 23.1 Å². The number of nitrogens with zero attached hydrogens (tertiary/aromatic N) is 3. The van der Waals surface area contributed by atoms with Crippen LogP contribution >= 0.6 is 15.9 Å². The normalized spacial score (nSPS) is 9.54. The fraction of sp³-hybridized carbons (Fsp3) is 0. The van der Waals surface area contributed by atoms with Gasteiger partial charge in [0.05, 0.1) is 5.69 Å². The minimum Gasteiger partial charge on any atom is -0.204 e. The summed E-state index contributed by atoms with van der Waals surface area (Å²) in [5.74, 6) is -4.52. The quantitative estimate of drug-likeness (QED) is 0.240. The van der Waals surface area contributed by atoms with Crippen molar-refractivity contribution in [3.63, 3.8) is 0 Å². The van der Waals surface area contributed by atoms with Gasteiger partial charge in [0.1, 0.15) is 0 Å². The van der Waals surface area contributed by atoms with E-state index in [1.54, 1.807) is 0 Å². The second kappa shape index (κ2) is 3.68. The second-order valence-corrected chi connectivity index (χ2v) is 2.86. The smallest absolute Gasteiger partial charge is 0.194 e. The molecule has 0 saturated heterocycles. The lowest BCUT2D eigenvalue weighted by Crippen LogP contribution is -1.90. The molecule has 0 unspecified atom stereocenters. The standard InChI is InChI=1S/C6HBrF3N3/c7-2-1-3(8)4(9)5(10)6(2)12-13-11/h1H. The number of azide groups is 1. The van der Waals surface area contributed by atoms with Crippen molar-refractivity contribution in [2.45, 2.75) is 0 Å². The van der Waals surface area contributed by atoms with E-state index in [2.05, 4.69) is 26.0 Å². The van der Waals surface area contributed by atoms with Crippen molar-refractivity contribution < 1.29 is 13.2 Å². The molecule has 0 saturated carbocycles. The van der Waals surface area contributed by atoms with Crippen molar-refractivity contribution in [2.75, 3.05) is 0 Å². The van der Waals surface area contributed by atoms with Gasteiger partial charge in [0.2, 0.25) is 0 Å². The minimum atomic E-state index is -1.66. The molecule has 0 aliphatic heterocycles. The first-order valence-electron chi connectivity index (χ1n) is 2.96. The largest absolute Gasteiger partial charge is 0.204 e. The first kappa shape index (κ1) is 9.88. The Kier molecular flexibility index (Phi) is 2.79. The average molecular weight is 252 g/mol. The van der Waals surface area contributed by atoms with Gasteiger partial charge in [-0.3, -0.25) is 0 Å². The summed E-state index contributed by atoms with van der Waals surface area (Å²) >= 11 is 2.72. The minimum absolute atomic E-state index is 0.137. The summed E-state index contributed by atoms with van der Waals surface area (Å²) in [5, 5.41) is 2.86. The maximum Gasteiger partial charge on any atom is 0.194 e. The van der Waals surface area contributed by atoms with E-state index in [-0.39, 0.29) is 4.47 Å². The zero-order valence-electron chi connectivity index (χ0n) is 5.93. The van der Waals surface area contributed by atoms with Crippen molar-refractivity contribution in [2.24, 2.45) is 5.11 Å². The lowest BCUT2D eigenvalue weighted by Gasteiger charge is -2.00. The number of benzene rings is 1. The molecule has 0 aromatic heterocycles. The summed E-state index contributed by atoms with van der Waals surface area (Å²) in [7, 11) is 0. The Bertz CT molecular complexity index is 401. The third kappa shape index (κ3) is 1.76. The van der Waals surface area contributed by atoms with Gasteiger partial charge in [-0.25, -0.2) is 13.2 Å². The molecule has 0 aliphatic rings. The third-order valence-corrected chi connectivity index (χ3v) is 1.84. The highest BCUT2D eigenvalue weighted by atomic mass is 79.9. The molecule has 1 rings (SSSR count). The van der Waals surface area contributed by atoms with E-state index in [9.17, 15) is 13.2 Å². The number of rotatable bonds is 1. The summed E-state index contributed by atoms with van der Waals surface area (Å²) in [6, 6.07) is 0.683. The SMILES string of the molecule is [N-]=[N+]=Nc1c(Br)cc(F)c(F)c1F. The zero-order valence-corrected chi connectivity index (χ0v) is 7.52. The van der Waals surface area contributed by atoms with Gasteiger partial charge in [-0.2, -0.15) is 0 Å². The molecule has 3 nitrogen and oxygen atoms in total. The molecule has 0 N–H and O–H groups in total. The van der Waals surface area contributed by atoms with Crippen molar-refractivity contribution in [1.29, 1.82) is 0 Å². The molecular formula is C6HBrF3N3. The van der Waals surface area contributed by atoms with Crippen LogP contribution in [0, 0.1) is 17.5 Å². The van der Waals surface area contributed by atoms with Gasteiger partial charge in [0.15, 0.2) is 17.5 Å². The second-order valence-electron chi connectivity index (χ2n) is 2.01. The Labute approximate surface area is 78.9 Å². The Morgan fingerprint density at radius 1 is 1.31 bits per heavy atom. The molecule has 0 radical (unpaired) electrons. The highest BCUT2D eigenvalue weighted by molar-refractivity contribution is 9.10. The van der Waals surface area contributed by atoms with E-state index in [4.69, 9.17) is 5.53 Å². The van der Waals surface area contributed by atoms with Gasteiger partial charge >= 0.3 is 0 Å². The van der Waals surface area contributed by atoms with Crippen LogP contribution in [0.1, 0.15) is 0 Å². The third-order valence-electron chi connectivity index (χ3n) is 1.23. The Hall–Kier alpha value is -1.20. The van der Waals surface area contributed by atoms with Gasteiger partial charge in [-0.05, 0) is 11.6 Å². The van der Waals surface area contributed by atoms with Gasteiger partial charge in [-0.15, -0.1) is 0 Å². The molecular weight excluding hydrogens is 251 g/mol. The van der Waals surface area contributed by atoms with Gasteiger partial charge < -0.3 is 0 Å². The highest BCUT2D eigenvalue weighted by Gasteiger charge is 2.15. The van der Waals surface area contributed by atoms with E-state index in [0.717, 1.165) is 0 Å². The Morgan fingerprint density at radius 2 is 1.92 bits per heavy atom. The summed E-state index contributed by atoms with van der Waals surface area (Å²) in [5.41, 5.74) is 7.39. The highest BCUT2D eigenvalue weighted by Crippen LogP contribution is 2.31.